The van der Waals surface area contributed by atoms with Crippen molar-refractivity contribution in [3.05, 3.63) is 71.7 Å². The molecule has 3 nitrogen and oxygen atoms in total. The Morgan fingerprint density at radius 3 is 2.50 bits per heavy atom. The van der Waals surface area contributed by atoms with Gasteiger partial charge in [-0.05, 0) is 23.3 Å². The highest BCUT2D eigenvalue weighted by molar-refractivity contribution is 5.88. The van der Waals surface area contributed by atoms with Crippen LogP contribution in [0.25, 0.3) is 10.9 Å². The molecule has 0 fully saturated rings. The molecule has 1 aromatic carbocycles. The predicted molar refractivity (Wildman–Crippen MR) is 83.4 cm³/mol. The van der Waals surface area contributed by atoms with E-state index in [1.54, 1.807) is 24.4 Å². The minimum absolute atomic E-state index is 0.0108. The highest BCUT2D eigenvalue weighted by atomic mass is 19.4. The van der Waals surface area contributed by atoms with Gasteiger partial charge in [-0.15, -0.1) is 0 Å². The number of halogens is 3. The molecule has 0 atom stereocenters. The maximum absolute atomic E-state index is 13.5. The Hall–Kier alpha value is -2.76. The molecule has 0 N–H and O–H groups in total. The van der Waals surface area contributed by atoms with Crippen molar-refractivity contribution in [3.63, 3.8) is 0 Å². The molecule has 0 saturated heterocycles. The van der Waals surface area contributed by atoms with Gasteiger partial charge in [0.05, 0.1) is 11.1 Å². The smallest absolute Gasteiger partial charge is 0.299 e. The Bertz CT molecular complexity index is 876. The number of hydrogen-bond donors (Lipinski definition) is 0. The lowest BCUT2D eigenvalue weighted by Gasteiger charge is -2.15. The molecular formula is C18H13F3N2O. The molecule has 0 unspecified atom stereocenters. The van der Waals surface area contributed by atoms with Crippen LogP contribution in [-0.2, 0) is 23.8 Å². The van der Waals surface area contributed by atoms with Crippen molar-refractivity contribution in [2.75, 3.05) is 0 Å². The van der Waals surface area contributed by atoms with Gasteiger partial charge in [0, 0.05) is 36.8 Å². The molecule has 0 bridgehead atoms. The zero-order chi connectivity index (χ0) is 17.2. The number of fused-ring (bicyclic) bond motifs is 1. The van der Waals surface area contributed by atoms with Crippen molar-refractivity contribution in [3.8, 4) is 0 Å². The van der Waals surface area contributed by atoms with Crippen LogP contribution < -0.4 is 0 Å². The van der Waals surface area contributed by atoms with Crippen LogP contribution >= 0.6 is 0 Å². The molecular weight excluding hydrogens is 317 g/mol. The average molecular weight is 330 g/mol. The fourth-order valence-corrected chi connectivity index (χ4v) is 2.66. The molecule has 0 saturated carbocycles. The van der Waals surface area contributed by atoms with Crippen LogP contribution in [0.2, 0.25) is 0 Å². The van der Waals surface area contributed by atoms with Crippen LogP contribution in [-0.4, -0.2) is 15.8 Å². The van der Waals surface area contributed by atoms with E-state index in [0.717, 1.165) is 6.20 Å². The maximum atomic E-state index is 13.5. The number of carbonyl (C=O) groups excluding carboxylic acids is 1. The number of benzene rings is 1. The number of pyridine rings is 2. The van der Waals surface area contributed by atoms with E-state index < -0.39 is 11.7 Å². The van der Waals surface area contributed by atoms with E-state index in [4.69, 9.17) is 0 Å². The van der Waals surface area contributed by atoms with Gasteiger partial charge in [-0.3, -0.25) is 14.8 Å². The molecule has 0 aliphatic rings. The van der Waals surface area contributed by atoms with E-state index in [-0.39, 0.29) is 35.1 Å². The highest BCUT2D eigenvalue weighted by Gasteiger charge is 2.36. The third-order valence-electron chi connectivity index (χ3n) is 3.65. The van der Waals surface area contributed by atoms with E-state index in [1.807, 2.05) is 0 Å². The van der Waals surface area contributed by atoms with Crippen LogP contribution in [0, 0.1) is 0 Å². The normalized spacial score (nSPS) is 11.6. The van der Waals surface area contributed by atoms with Gasteiger partial charge in [-0.1, -0.05) is 24.3 Å². The largest absolute Gasteiger partial charge is 0.417 e. The van der Waals surface area contributed by atoms with Crippen molar-refractivity contribution < 1.29 is 18.0 Å². The van der Waals surface area contributed by atoms with Crippen LogP contribution in [0.4, 0.5) is 13.2 Å². The van der Waals surface area contributed by atoms with E-state index in [1.165, 1.54) is 24.4 Å². The summed E-state index contributed by atoms with van der Waals surface area (Å²) < 4.78 is 40.5. The number of para-hydroxylation sites is 1. The van der Waals surface area contributed by atoms with Gasteiger partial charge in [0.15, 0.2) is 0 Å². The van der Waals surface area contributed by atoms with Gasteiger partial charge in [0.25, 0.3) is 0 Å². The molecule has 6 heteroatoms. The molecule has 2 heterocycles. The first-order valence-corrected chi connectivity index (χ1v) is 7.29. The Labute approximate surface area is 136 Å². The number of ketones is 1. The number of aromatic nitrogens is 2. The quantitative estimate of drug-likeness (QED) is 0.726. The Morgan fingerprint density at radius 2 is 1.79 bits per heavy atom. The lowest BCUT2D eigenvalue weighted by Crippen LogP contribution is -2.15. The average Bonchev–Trinajstić information content (AvgIpc) is 2.54. The Balaban J connectivity index is 1.96. The maximum Gasteiger partial charge on any atom is 0.417 e. The van der Waals surface area contributed by atoms with E-state index in [9.17, 15) is 18.0 Å². The second-order valence-electron chi connectivity index (χ2n) is 5.43. The number of nitrogens with zero attached hydrogens (tertiary/aromatic N) is 2. The summed E-state index contributed by atoms with van der Waals surface area (Å²) in [6, 6.07) is 9.45. The van der Waals surface area contributed by atoms with Gasteiger partial charge in [0.2, 0.25) is 0 Å². The molecule has 0 radical (unpaired) electrons. The number of carbonyl (C=O) groups is 1. The molecule has 122 valence electrons. The number of hydrogen-bond acceptors (Lipinski definition) is 3. The summed E-state index contributed by atoms with van der Waals surface area (Å²) in [5, 5.41) is 0.0108. The minimum atomic E-state index is -4.55. The number of alkyl halides is 3. The van der Waals surface area contributed by atoms with Crippen LogP contribution in [0.1, 0.15) is 16.7 Å². The molecule has 0 amide bonds. The van der Waals surface area contributed by atoms with Crippen LogP contribution in [0.5, 0.6) is 0 Å². The summed E-state index contributed by atoms with van der Waals surface area (Å²) in [5.74, 6) is -0.314. The van der Waals surface area contributed by atoms with Crippen molar-refractivity contribution in [2.45, 2.75) is 19.0 Å². The standard InChI is InChI=1S/C18H13F3N2O/c19-18(20,21)17-13(11-23-16-6-2-1-5-15(16)17)9-14(24)8-12-4-3-7-22-10-12/h1-7,10-11H,8-9H2. The fraction of sp³-hybridized carbons (Fsp3) is 0.167. The van der Waals surface area contributed by atoms with Gasteiger partial charge in [0.1, 0.15) is 5.78 Å². The molecule has 0 spiro atoms. The molecule has 3 rings (SSSR count). The first-order chi connectivity index (χ1) is 11.4. The third-order valence-corrected chi connectivity index (χ3v) is 3.65. The first-order valence-electron chi connectivity index (χ1n) is 7.29. The molecule has 2 aromatic heterocycles. The molecule has 24 heavy (non-hydrogen) atoms. The minimum Gasteiger partial charge on any atom is -0.299 e. The third kappa shape index (κ3) is 3.42. The zero-order valence-electron chi connectivity index (χ0n) is 12.5. The van der Waals surface area contributed by atoms with Gasteiger partial charge < -0.3 is 0 Å². The lowest BCUT2D eigenvalue weighted by molar-refractivity contribution is -0.137. The van der Waals surface area contributed by atoms with E-state index in [0.29, 0.717) is 5.56 Å². The SMILES string of the molecule is O=C(Cc1cccnc1)Cc1cnc2ccccc2c1C(F)(F)F. The van der Waals surface area contributed by atoms with Crippen LogP contribution in [0.3, 0.4) is 0 Å². The second-order valence-corrected chi connectivity index (χ2v) is 5.43. The predicted octanol–water partition coefficient (Wildman–Crippen LogP) is 4.00. The lowest BCUT2D eigenvalue weighted by atomic mass is 9.97. The first kappa shape index (κ1) is 16.1. The van der Waals surface area contributed by atoms with Crippen molar-refractivity contribution in [2.24, 2.45) is 0 Å². The van der Waals surface area contributed by atoms with Crippen molar-refractivity contribution in [1.82, 2.24) is 9.97 Å². The highest BCUT2D eigenvalue weighted by Crippen LogP contribution is 2.37. The van der Waals surface area contributed by atoms with Crippen molar-refractivity contribution in [1.29, 1.82) is 0 Å². The van der Waals surface area contributed by atoms with E-state index in [2.05, 4.69) is 9.97 Å². The summed E-state index contributed by atoms with van der Waals surface area (Å²) in [6.45, 7) is 0. The van der Waals surface area contributed by atoms with Gasteiger partial charge in [-0.2, -0.15) is 13.2 Å². The summed E-state index contributed by atoms with van der Waals surface area (Å²) in [5.41, 5.74) is 0.0424. The number of rotatable bonds is 4. The summed E-state index contributed by atoms with van der Waals surface area (Å²) in [4.78, 5) is 20.1. The Kier molecular flexibility index (Phi) is 4.29. The van der Waals surface area contributed by atoms with Gasteiger partial charge in [-0.25, -0.2) is 0 Å². The second kappa shape index (κ2) is 6.39. The molecule has 0 aliphatic heterocycles. The molecule has 0 aliphatic carbocycles. The van der Waals surface area contributed by atoms with Crippen LogP contribution in [0.15, 0.2) is 55.0 Å². The monoisotopic (exact) mass is 330 g/mol. The summed E-state index contributed by atoms with van der Waals surface area (Å²) in [6.07, 6.45) is -0.581. The van der Waals surface area contributed by atoms with E-state index >= 15 is 0 Å². The molecule has 3 aromatic rings. The van der Waals surface area contributed by atoms with Gasteiger partial charge >= 0.3 is 6.18 Å². The summed E-state index contributed by atoms with van der Waals surface area (Å²) >= 11 is 0. The number of Topliss-reactive ketones (excluding diaryl/α,β-unsaturated/α-hetero) is 1. The fourth-order valence-electron chi connectivity index (χ4n) is 2.66. The topological polar surface area (TPSA) is 42.9 Å². The Morgan fingerprint density at radius 1 is 1.00 bits per heavy atom. The zero-order valence-corrected chi connectivity index (χ0v) is 12.5. The summed E-state index contributed by atoms with van der Waals surface area (Å²) in [7, 11) is 0. The van der Waals surface area contributed by atoms with Crippen molar-refractivity contribution >= 4 is 16.7 Å².